The topological polar surface area (TPSA) is 168 Å². The fourth-order valence-corrected chi connectivity index (χ4v) is 12.5. The highest BCUT2D eigenvalue weighted by Gasteiger charge is 2.61. The molecule has 1 unspecified atom stereocenters. The summed E-state index contributed by atoms with van der Waals surface area (Å²) in [4.78, 5) is 36.2. The van der Waals surface area contributed by atoms with Crippen LogP contribution in [0.5, 0.6) is 28.7 Å². The maximum atomic E-state index is 14.9. The first-order valence-electron chi connectivity index (χ1n) is 19.4. The quantitative estimate of drug-likeness (QED) is 0.134. The molecule has 1 spiro atoms. The zero-order valence-corrected chi connectivity index (χ0v) is 33.4. The van der Waals surface area contributed by atoms with E-state index in [2.05, 4.69) is 44.9 Å². The third kappa shape index (κ3) is 5.05. The average molecular weight is 806 g/mol. The number of piperazine rings is 1. The van der Waals surface area contributed by atoms with Crippen molar-refractivity contribution in [2.75, 3.05) is 46.5 Å². The molecule has 2 saturated heterocycles. The molecule has 7 aliphatic heterocycles. The Balaban J connectivity index is 1.26. The minimum absolute atomic E-state index is 0.00490. The predicted octanol–water partition coefficient (Wildman–Crippen LogP) is 5.53. The number of phenols is 1. The number of likely N-dealkylation sites (N-methyl/N-ethyl adjacent to an activating group) is 1. The third-order valence-electron chi connectivity index (χ3n) is 13.2. The van der Waals surface area contributed by atoms with E-state index in [0.29, 0.717) is 52.5 Å². The number of hydrogen-bond donors (Lipinski definition) is 3. The molecule has 7 atom stereocenters. The first-order valence-corrected chi connectivity index (χ1v) is 20.5. The summed E-state index contributed by atoms with van der Waals surface area (Å²) in [6.07, 6.45) is 1.26. The molecule has 0 aliphatic carbocycles. The highest BCUT2D eigenvalue weighted by atomic mass is 32.2. The number of fused-ring (bicyclic) bond motifs is 12. The zero-order valence-electron chi connectivity index (χ0n) is 32.5. The molecule has 1 aromatic heterocycles. The molecule has 0 saturated carbocycles. The van der Waals surface area contributed by atoms with Crippen molar-refractivity contribution in [1.29, 1.82) is 5.26 Å². The molecule has 3 N–H and O–H groups in total. The van der Waals surface area contributed by atoms with E-state index in [1.807, 2.05) is 39.1 Å². The van der Waals surface area contributed by atoms with Crippen LogP contribution in [0.3, 0.4) is 0 Å². The summed E-state index contributed by atoms with van der Waals surface area (Å²) >= 11 is 1.54. The van der Waals surface area contributed by atoms with Crippen LogP contribution in [0.2, 0.25) is 0 Å². The summed E-state index contributed by atoms with van der Waals surface area (Å²) in [7, 11) is 3.55. The number of methoxy groups -OCH3 is 1. The molecule has 58 heavy (non-hydrogen) atoms. The van der Waals surface area contributed by atoms with Crippen LogP contribution in [0.1, 0.15) is 62.0 Å². The number of para-hydroxylation sites is 1. The van der Waals surface area contributed by atoms with Gasteiger partial charge in [0.25, 0.3) is 0 Å². The number of rotatable bonds is 3. The molecular weight excluding hydrogens is 763 g/mol. The second-order valence-corrected chi connectivity index (χ2v) is 16.9. The Hall–Kier alpha value is -5.24. The Bertz CT molecular complexity index is 2480. The van der Waals surface area contributed by atoms with Crippen molar-refractivity contribution < 1.29 is 43.1 Å². The number of phenolic OH excluding ortho intramolecular Hbond substituents is 1. The van der Waals surface area contributed by atoms with Gasteiger partial charge in [-0.25, -0.2) is 4.79 Å². The van der Waals surface area contributed by atoms with Crippen LogP contribution in [0.15, 0.2) is 43.2 Å². The molecule has 0 radical (unpaired) electrons. The smallest absolute Gasteiger partial charge is 0.504 e. The Labute approximate surface area is 338 Å². The second kappa shape index (κ2) is 13.7. The minimum atomic E-state index is -1.19. The van der Waals surface area contributed by atoms with E-state index in [4.69, 9.17) is 28.4 Å². The van der Waals surface area contributed by atoms with Crippen molar-refractivity contribution in [1.82, 2.24) is 20.1 Å². The molecule has 8 heterocycles. The first-order chi connectivity index (χ1) is 28.1. The molecule has 15 heteroatoms. The lowest BCUT2D eigenvalue weighted by Crippen LogP contribution is -2.69. The molecule has 11 rings (SSSR count). The van der Waals surface area contributed by atoms with Gasteiger partial charge in [-0.05, 0) is 56.5 Å². The Kier molecular flexibility index (Phi) is 8.74. The van der Waals surface area contributed by atoms with Gasteiger partial charge < -0.3 is 38.5 Å². The van der Waals surface area contributed by atoms with Gasteiger partial charge in [0.05, 0.1) is 43.4 Å². The second-order valence-electron chi connectivity index (χ2n) is 15.8. The highest BCUT2D eigenvalue weighted by molar-refractivity contribution is 7.99. The summed E-state index contributed by atoms with van der Waals surface area (Å²) in [6, 6.07) is 10.2. The van der Waals surface area contributed by atoms with Crippen LogP contribution in [0.4, 0.5) is 4.79 Å². The van der Waals surface area contributed by atoms with E-state index < -0.39 is 41.1 Å². The van der Waals surface area contributed by atoms with E-state index in [1.54, 1.807) is 18.9 Å². The Morgan fingerprint density at radius 3 is 2.78 bits per heavy atom. The molecule has 14 nitrogen and oxygen atoms in total. The first kappa shape index (κ1) is 37.1. The maximum absolute atomic E-state index is 14.9. The van der Waals surface area contributed by atoms with Crippen LogP contribution >= 0.6 is 11.8 Å². The number of H-pyrrole nitrogens is 1. The van der Waals surface area contributed by atoms with E-state index in [1.165, 1.54) is 0 Å². The number of aromatic amines is 1. The van der Waals surface area contributed by atoms with Crippen LogP contribution in [-0.4, -0.2) is 96.4 Å². The fraction of sp³-hybridized carbons (Fsp3) is 0.419. The van der Waals surface area contributed by atoms with Crippen molar-refractivity contribution >= 4 is 34.6 Å². The SMILES string of the molecule is C=COC(=O)Oc1c(C)c2c(c3c1[C@H]1SC[C@]4(NCCc5c4[nH]c4ccccc54)C(=O)COC[C@@H]3N3C1[C@@H]1c4c(cc(C)c(OC)c4O)C[C@H]([C@@H]3C#N)N1C)OCO2. The summed E-state index contributed by atoms with van der Waals surface area (Å²) in [5.41, 5.74) is 5.91. The van der Waals surface area contributed by atoms with Gasteiger partial charge in [-0.15, -0.1) is 11.8 Å². The van der Waals surface area contributed by atoms with Gasteiger partial charge in [-0.1, -0.05) is 30.8 Å². The van der Waals surface area contributed by atoms with Crippen LogP contribution in [0.25, 0.3) is 10.9 Å². The van der Waals surface area contributed by atoms with Crippen molar-refractivity contribution in [3.8, 4) is 34.8 Å². The van der Waals surface area contributed by atoms with Crippen LogP contribution in [0, 0.1) is 25.2 Å². The number of nitriles is 1. The average Bonchev–Trinajstić information content (AvgIpc) is 3.85. The number of carbonyl (C=O) groups is 2. The molecule has 3 aromatic carbocycles. The summed E-state index contributed by atoms with van der Waals surface area (Å²) in [5.74, 6) is 1.67. The number of benzene rings is 3. The number of hydrogen-bond acceptors (Lipinski definition) is 14. The predicted molar refractivity (Wildman–Crippen MR) is 212 cm³/mol. The summed E-state index contributed by atoms with van der Waals surface area (Å²) in [6.45, 7) is 7.55. The number of aromatic hydroxyl groups is 1. The zero-order chi connectivity index (χ0) is 40.2. The third-order valence-corrected chi connectivity index (χ3v) is 14.6. The minimum Gasteiger partial charge on any atom is -0.504 e. The fourth-order valence-electron chi connectivity index (χ4n) is 10.8. The normalized spacial score (nSPS) is 28.4. The van der Waals surface area contributed by atoms with Crippen LogP contribution in [-0.2, 0) is 32.6 Å². The number of aromatic nitrogens is 1. The molecule has 2 fully saturated rings. The number of ether oxygens (including phenoxy) is 6. The lowest BCUT2D eigenvalue weighted by molar-refractivity contribution is -0.132. The largest absolute Gasteiger partial charge is 0.518 e. The maximum Gasteiger partial charge on any atom is 0.518 e. The van der Waals surface area contributed by atoms with Crippen molar-refractivity contribution in [2.24, 2.45) is 0 Å². The number of Topliss-reactive ketones (excluding diaryl/α,β-unsaturated/α-hetero) is 1. The van der Waals surface area contributed by atoms with Gasteiger partial charge >= 0.3 is 6.16 Å². The Morgan fingerprint density at radius 2 is 1.98 bits per heavy atom. The standard InChI is InChI=1S/C43H43N5O9S/c1-6-54-42(51)57-37-21(3)38-39(56-19-55-38)31-28-16-53-17-29(49)43(41-24(11-12-45-43)23-9-7-8-10-25(23)46-41)18-58-40(32(31)37)34-33-30-22(13-20(2)36(52-5)35(30)50)14-26(47(33)4)27(15-44)48(28)34/h6-10,13,26-28,33-34,40,45-46,50H,1,11-12,14,16-19H2,2-5H3/t26-,27+,28+,33+,34?,40-,43+/m1/s1. The summed E-state index contributed by atoms with van der Waals surface area (Å²) < 4.78 is 36.0. The molecule has 300 valence electrons. The van der Waals surface area contributed by atoms with Gasteiger partial charge in [0.1, 0.15) is 23.9 Å². The molecular formula is C43H43N5O9S. The monoisotopic (exact) mass is 805 g/mol. The van der Waals surface area contributed by atoms with E-state index in [-0.39, 0.29) is 49.1 Å². The Morgan fingerprint density at radius 1 is 1.17 bits per heavy atom. The number of thioether (sulfide) groups is 1. The summed E-state index contributed by atoms with van der Waals surface area (Å²) in [5, 5.41) is 27.5. The number of nitrogens with zero attached hydrogens (tertiary/aromatic N) is 3. The van der Waals surface area contributed by atoms with Gasteiger partial charge in [0.15, 0.2) is 28.8 Å². The van der Waals surface area contributed by atoms with Crippen molar-refractivity contribution in [2.45, 2.75) is 67.7 Å². The van der Waals surface area contributed by atoms with Crippen molar-refractivity contribution in [3.63, 3.8) is 0 Å². The van der Waals surface area contributed by atoms with Gasteiger partial charge in [0, 0.05) is 63.2 Å². The lowest BCUT2D eigenvalue weighted by Gasteiger charge is -2.61. The number of ketones is 1. The van der Waals surface area contributed by atoms with Gasteiger partial charge in [-0.3, -0.25) is 19.9 Å². The molecule has 7 aliphatic rings. The number of carbonyl (C=O) groups excluding carboxylic acids is 2. The molecule has 4 bridgehead atoms. The van der Waals surface area contributed by atoms with E-state index >= 15 is 0 Å². The van der Waals surface area contributed by atoms with Crippen LogP contribution < -0.4 is 24.3 Å². The van der Waals surface area contributed by atoms with Gasteiger partial charge in [-0.2, -0.15) is 5.26 Å². The molecule has 0 amide bonds. The van der Waals surface area contributed by atoms with Crippen molar-refractivity contribution in [3.05, 3.63) is 87.8 Å². The lowest BCUT2D eigenvalue weighted by atomic mass is 9.71. The highest BCUT2D eigenvalue weighted by Crippen LogP contribution is 2.64. The number of nitrogens with one attached hydrogen (secondary N) is 2. The van der Waals surface area contributed by atoms with Gasteiger partial charge in [0.2, 0.25) is 6.79 Å². The van der Waals surface area contributed by atoms with E-state index in [9.17, 15) is 20.0 Å². The number of aryl methyl sites for hydroxylation is 1. The van der Waals surface area contributed by atoms with E-state index in [0.717, 1.165) is 46.0 Å². The molecule has 4 aromatic rings.